The third-order valence-electron chi connectivity index (χ3n) is 4.58. The van der Waals surface area contributed by atoms with Crippen molar-refractivity contribution in [3.63, 3.8) is 0 Å². The summed E-state index contributed by atoms with van der Waals surface area (Å²) in [6, 6.07) is 7.24. The molecule has 1 fully saturated rings. The number of carbonyl (C=O) groups is 2. The van der Waals surface area contributed by atoms with E-state index in [9.17, 15) is 9.59 Å². The van der Waals surface area contributed by atoms with Gasteiger partial charge in [0.25, 0.3) is 11.8 Å². The molecule has 1 saturated heterocycles. The molecular formula is C17H18N4O3. The average Bonchev–Trinajstić information content (AvgIpc) is 3.25. The van der Waals surface area contributed by atoms with Crippen molar-refractivity contribution < 1.29 is 14.1 Å². The molecule has 2 amide bonds. The second-order valence-corrected chi connectivity index (χ2v) is 6.11. The van der Waals surface area contributed by atoms with Gasteiger partial charge in [0.1, 0.15) is 6.26 Å². The van der Waals surface area contributed by atoms with Crippen LogP contribution >= 0.6 is 0 Å². The molecule has 1 N–H and O–H groups in total. The number of aromatic nitrogens is 1. The molecule has 7 nitrogen and oxygen atoms in total. The molecule has 7 heteroatoms. The molecule has 0 spiro atoms. The van der Waals surface area contributed by atoms with Crippen molar-refractivity contribution in [3.8, 4) is 0 Å². The molecule has 0 radical (unpaired) electrons. The van der Waals surface area contributed by atoms with Gasteiger partial charge in [-0.1, -0.05) is 11.2 Å². The van der Waals surface area contributed by atoms with Crippen LogP contribution in [0.3, 0.4) is 0 Å². The number of hydrogen-bond acceptors (Lipinski definition) is 5. The van der Waals surface area contributed by atoms with Gasteiger partial charge in [0, 0.05) is 56.5 Å². The SMILES string of the molecule is O=C1NCc2ccc(C(=O)N3CCN(Cc4ccon4)CC3)cc21. The topological polar surface area (TPSA) is 78.7 Å². The summed E-state index contributed by atoms with van der Waals surface area (Å²) in [4.78, 5) is 28.5. The first-order chi connectivity index (χ1) is 11.7. The maximum absolute atomic E-state index is 12.7. The first-order valence-corrected chi connectivity index (χ1v) is 8.03. The number of benzene rings is 1. The first kappa shape index (κ1) is 14.9. The Kier molecular flexibility index (Phi) is 3.78. The zero-order valence-electron chi connectivity index (χ0n) is 13.2. The second-order valence-electron chi connectivity index (χ2n) is 6.11. The van der Waals surface area contributed by atoms with Gasteiger partial charge in [-0.05, 0) is 17.7 Å². The fraction of sp³-hybridized carbons (Fsp3) is 0.353. The number of nitrogens with zero attached hydrogens (tertiary/aromatic N) is 3. The van der Waals surface area contributed by atoms with Crippen molar-refractivity contribution in [1.82, 2.24) is 20.3 Å². The van der Waals surface area contributed by atoms with E-state index < -0.39 is 0 Å². The lowest BCUT2D eigenvalue weighted by molar-refractivity contribution is 0.0625. The minimum absolute atomic E-state index is 0.0152. The van der Waals surface area contributed by atoms with Crippen molar-refractivity contribution in [2.45, 2.75) is 13.1 Å². The van der Waals surface area contributed by atoms with Crippen molar-refractivity contribution in [2.75, 3.05) is 26.2 Å². The monoisotopic (exact) mass is 326 g/mol. The molecule has 0 bridgehead atoms. The number of hydrogen-bond donors (Lipinski definition) is 1. The van der Waals surface area contributed by atoms with Crippen LogP contribution in [0.25, 0.3) is 0 Å². The summed E-state index contributed by atoms with van der Waals surface area (Å²) in [5.41, 5.74) is 3.05. The highest BCUT2D eigenvalue weighted by molar-refractivity contribution is 6.02. The number of nitrogens with one attached hydrogen (secondary N) is 1. The Balaban J connectivity index is 1.40. The third kappa shape index (κ3) is 2.78. The molecule has 2 aliphatic heterocycles. The van der Waals surface area contributed by atoms with E-state index in [1.54, 1.807) is 12.3 Å². The molecule has 124 valence electrons. The second kappa shape index (κ2) is 6.09. The Labute approximate surface area is 139 Å². The Morgan fingerprint density at radius 3 is 2.79 bits per heavy atom. The maximum Gasteiger partial charge on any atom is 0.253 e. The summed E-state index contributed by atoms with van der Waals surface area (Å²) in [6.07, 6.45) is 1.57. The third-order valence-corrected chi connectivity index (χ3v) is 4.58. The van der Waals surface area contributed by atoms with Gasteiger partial charge in [-0.2, -0.15) is 0 Å². The molecule has 0 unspecified atom stereocenters. The standard InChI is InChI=1S/C17H18N4O3/c22-16-15-9-12(1-2-13(15)10-18-16)17(23)21-6-4-20(5-7-21)11-14-3-8-24-19-14/h1-3,8-9H,4-7,10-11H2,(H,18,22). The van der Waals surface area contributed by atoms with Crippen molar-refractivity contribution >= 4 is 11.8 Å². The highest BCUT2D eigenvalue weighted by atomic mass is 16.5. The van der Waals surface area contributed by atoms with E-state index in [4.69, 9.17) is 4.52 Å². The van der Waals surface area contributed by atoms with Crippen molar-refractivity contribution in [1.29, 1.82) is 0 Å². The maximum atomic E-state index is 12.7. The van der Waals surface area contributed by atoms with Crippen LogP contribution in [0, 0.1) is 0 Å². The van der Waals surface area contributed by atoms with Crippen molar-refractivity contribution in [2.24, 2.45) is 0 Å². The Morgan fingerprint density at radius 1 is 1.21 bits per heavy atom. The highest BCUT2D eigenvalue weighted by Gasteiger charge is 2.25. The van der Waals surface area contributed by atoms with Crippen LogP contribution in [0.15, 0.2) is 35.1 Å². The molecule has 0 aliphatic carbocycles. The Hall–Kier alpha value is -2.67. The van der Waals surface area contributed by atoms with Gasteiger partial charge in [-0.15, -0.1) is 0 Å². The van der Waals surface area contributed by atoms with Gasteiger partial charge < -0.3 is 14.7 Å². The normalized spacial score (nSPS) is 17.7. The van der Waals surface area contributed by atoms with Crippen LogP contribution in [-0.4, -0.2) is 52.9 Å². The minimum atomic E-state index is -0.0999. The van der Waals surface area contributed by atoms with Crippen molar-refractivity contribution in [3.05, 3.63) is 52.9 Å². The molecule has 1 aromatic heterocycles. The Morgan fingerprint density at radius 2 is 2.04 bits per heavy atom. The summed E-state index contributed by atoms with van der Waals surface area (Å²) in [5, 5.41) is 6.69. The highest BCUT2D eigenvalue weighted by Crippen LogP contribution is 2.19. The van der Waals surface area contributed by atoms with Crippen LogP contribution in [0.4, 0.5) is 0 Å². The molecule has 1 aromatic carbocycles. The van der Waals surface area contributed by atoms with Gasteiger partial charge in [-0.25, -0.2) is 0 Å². The molecule has 2 aromatic rings. The summed E-state index contributed by atoms with van der Waals surface area (Å²) in [7, 11) is 0. The van der Waals surface area contributed by atoms with Gasteiger partial charge >= 0.3 is 0 Å². The fourth-order valence-electron chi connectivity index (χ4n) is 3.19. The lowest BCUT2D eigenvalue weighted by Crippen LogP contribution is -2.48. The van der Waals surface area contributed by atoms with Crippen LogP contribution in [0.1, 0.15) is 32.0 Å². The van der Waals surface area contributed by atoms with Crippen LogP contribution in [0.2, 0.25) is 0 Å². The van der Waals surface area contributed by atoms with E-state index in [2.05, 4.69) is 15.4 Å². The van der Waals surface area contributed by atoms with Gasteiger partial charge in [0.05, 0.1) is 5.69 Å². The minimum Gasteiger partial charge on any atom is -0.364 e. The molecule has 0 saturated carbocycles. The zero-order chi connectivity index (χ0) is 16.5. The van der Waals surface area contributed by atoms with Crippen LogP contribution in [-0.2, 0) is 13.1 Å². The lowest BCUT2D eigenvalue weighted by atomic mass is 10.0. The quantitative estimate of drug-likeness (QED) is 0.906. The van der Waals surface area contributed by atoms with Gasteiger partial charge in [-0.3, -0.25) is 14.5 Å². The molecule has 2 aliphatic rings. The van der Waals surface area contributed by atoms with E-state index in [0.29, 0.717) is 30.8 Å². The molecule has 3 heterocycles. The smallest absolute Gasteiger partial charge is 0.253 e. The number of piperazine rings is 1. The van der Waals surface area contributed by atoms with E-state index in [1.165, 1.54) is 0 Å². The van der Waals surface area contributed by atoms with Gasteiger partial charge in [0.2, 0.25) is 0 Å². The largest absolute Gasteiger partial charge is 0.364 e. The zero-order valence-corrected chi connectivity index (χ0v) is 13.2. The number of carbonyl (C=O) groups excluding carboxylic acids is 2. The summed E-state index contributed by atoms with van der Waals surface area (Å²) >= 11 is 0. The summed E-state index contributed by atoms with van der Waals surface area (Å²) in [6.45, 7) is 4.20. The number of fused-ring (bicyclic) bond motifs is 1. The lowest BCUT2D eigenvalue weighted by Gasteiger charge is -2.34. The van der Waals surface area contributed by atoms with E-state index in [-0.39, 0.29) is 11.8 Å². The predicted molar refractivity (Wildman–Crippen MR) is 85.3 cm³/mol. The Bertz CT molecular complexity index is 764. The molecule has 4 rings (SSSR count). The van der Waals surface area contributed by atoms with Crippen LogP contribution in [0.5, 0.6) is 0 Å². The molecular weight excluding hydrogens is 308 g/mol. The van der Waals surface area contributed by atoms with E-state index in [0.717, 1.165) is 30.9 Å². The van der Waals surface area contributed by atoms with E-state index >= 15 is 0 Å². The summed E-state index contributed by atoms with van der Waals surface area (Å²) in [5.74, 6) is -0.115. The first-order valence-electron chi connectivity index (χ1n) is 8.03. The number of amides is 2. The predicted octanol–water partition coefficient (Wildman–Crippen LogP) is 0.876. The fourth-order valence-corrected chi connectivity index (χ4v) is 3.19. The molecule has 0 atom stereocenters. The van der Waals surface area contributed by atoms with E-state index in [1.807, 2.05) is 23.1 Å². The number of rotatable bonds is 3. The van der Waals surface area contributed by atoms with Crippen LogP contribution < -0.4 is 5.32 Å². The molecule has 24 heavy (non-hydrogen) atoms. The summed E-state index contributed by atoms with van der Waals surface area (Å²) < 4.78 is 4.84. The average molecular weight is 326 g/mol. The van der Waals surface area contributed by atoms with Gasteiger partial charge in [0.15, 0.2) is 0 Å².